The Morgan fingerprint density at radius 3 is 2.87 bits per heavy atom. The van der Waals surface area contributed by atoms with Gasteiger partial charge in [-0.15, -0.1) is 0 Å². The highest BCUT2D eigenvalue weighted by molar-refractivity contribution is 6.32. The number of anilines is 1. The van der Waals surface area contributed by atoms with Gasteiger partial charge < -0.3 is 10.1 Å². The fourth-order valence-corrected chi connectivity index (χ4v) is 2.74. The molecule has 2 aromatic rings. The van der Waals surface area contributed by atoms with Crippen LogP contribution in [-0.2, 0) is 4.74 Å². The van der Waals surface area contributed by atoms with E-state index in [1.165, 1.54) is 30.5 Å². The molecule has 1 N–H and O–H groups in total. The Labute approximate surface area is 138 Å². The van der Waals surface area contributed by atoms with Crippen molar-refractivity contribution < 1.29 is 9.13 Å². The van der Waals surface area contributed by atoms with Gasteiger partial charge in [0.1, 0.15) is 10.8 Å². The Bertz CT molecular complexity index is 727. The zero-order chi connectivity index (χ0) is 16.2. The van der Waals surface area contributed by atoms with Crippen molar-refractivity contribution in [2.75, 3.05) is 25.1 Å². The van der Waals surface area contributed by atoms with Crippen molar-refractivity contribution in [2.45, 2.75) is 12.8 Å². The molecule has 0 spiro atoms. The molecule has 1 fully saturated rings. The van der Waals surface area contributed by atoms with Crippen LogP contribution in [0.15, 0.2) is 35.3 Å². The maximum absolute atomic E-state index is 13.0. The number of benzene rings is 1. The van der Waals surface area contributed by atoms with Crippen LogP contribution in [0.25, 0.3) is 5.69 Å². The molecule has 1 aliphatic heterocycles. The SMILES string of the molecule is O=c1c(Cl)c(NC[C@H]2CCCOC2)cnn1-c1ccc(F)cc1. The summed E-state index contributed by atoms with van der Waals surface area (Å²) in [6.45, 7) is 2.21. The quantitative estimate of drug-likeness (QED) is 0.932. The Morgan fingerprint density at radius 1 is 1.39 bits per heavy atom. The molecule has 3 rings (SSSR count). The topological polar surface area (TPSA) is 56.1 Å². The number of aromatic nitrogens is 2. The van der Waals surface area contributed by atoms with Gasteiger partial charge in [0.15, 0.2) is 0 Å². The summed E-state index contributed by atoms with van der Waals surface area (Å²) in [5.74, 6) is 0.0280. The highest BCUT2D eigenvalue weighted by atomic mass is 35.5. The third-order valence-electron chi connectivity index (χ3n) is 3.83. The summed E-state index contributed by atoms with van der Waals surface area (Å²) >= 11 is 6.16. The largest absolute Gasteiger partial charge is 0.382 e. The van der Waals surface area contributed by atoms with Gasteiger partial charge in [0, 0.05) is 13.2 Å². The van der Waals surface area contributed by atoms with Crippen molar-refractivity contribution in [3.05, 3.63) is 51.7 Å². The van der Waals surface area contributed by atoms with Crippen LogP contribution in [0.3, 0.4) is 0 Å². The van der Waals surface area contributed by atoms with E-state index in [2.05, 4.69) is 10.4 Å². The first-order valence-electron chi connectivity index (χ1n) is 7.50. The van der Waals surface area contributed by atoms with Crippen LogP contribution in [0, 0.1) is 11.7 Å². The predicted molar refractivity (Wildman–Crippen MR) is 86.8 cm³/mol. The summed E-state index contributed by atoms with van der Waals surface area (Å²) in [4.78, 5) is 12.3. The van der Waals surface area contributed by atoms with E-state index >= 15 is 0 Å². The van der Waals surface area contributed by atoms with E-state index in [0.29, 0.717) is 30.4 Å². The zero-order valence-electron chi connectivity index (χ0n) is 12.5. The van der Waals surface area contributed by atoms with Gasteiger partial charge in [-0.3, -0.25) is 4.79 Å². The highest BCUT2D eigenvalue weighted by Gasteiger charge is 2.16. The summed E-state index contributed by atoms with van der Waals surface area (Å²) < 4.78 is 19.5. The fraction of sp³-hybridized carbons (Fsp3) is 0.375. The number of nitrogens with zero attached hydrogens (tertiary/aromatic N) is 2. The van der Waals surface area contributed by atoms with Crippen LogP contribution in [0.5, 0.6) is 0 Å². The molecule has 1 aromatic heterocycles. The lowest BCUT2D eigenvalue weighted by atomic mass is 10.0. The van der Waals surface area contributed by atoms with Gasteiger partial charge in [-0.25, -0.2) is 4.39 Å². The summed E-state index contributed by atoms with van der Waals surface area (Å²) in [7, 11) is 0. The normalized spacial score (nSPS) is 17.9. The Kier molecular flexibility index (Phi) is 4.93. The molecule has 1 aliphatic rings. The molecule has 0 saturated carbocycles. The van der Waals surface area contributed by atoms with E-state index in [9.17, 15) is 9.18 Å². The Hall–Kier alpha value is -1.92. The minimum Gasteiger partial charge on any atom is -0.382 e. The molecule has 2 heterocycles. The van der Waals surface area contributed by atoms with Gasteiger partial charge in [-0.1, -0.05) is 11.6 Å². The molecule has 1 atom stereocenters. The standard InChI is InChI=1S/C16H17ClFN3O2/c17-15-14(19-8-11-2-1-7-23-10-11)9-20-21(16(15)22)13-5-3-12(18)4-6-13/h3-6,9,11,19H,1-2,7-8,10H2/t11-/m1/s1. The maximum Gasteiger partial charge on any atom is 0.292 e. The van der Waals surface area contributed by atoms with Gasteiger partial charge in [0.05, 0.1) is 24.2 Å². The Morgan fingerprint density at radius 2 is 2.17 bits per heavy atom. The number of ether oxygens (including phenoxy) is 1. The highest BCUT2D eigenvalue weighted by Crippen LogP contribution is 2.19. The third kappa shape index (κ3) is 3.71. The average Bonchev–Trinajstić information content (AvgIpc) is 2.58. The molecule has 0 amide bonds. The first-order chi connectivity index (χ1) is 11.1. The van der Waals surface area contributed by atoms with Gasteiger partial charge in [-0.05, 0) is 43.0 Å². The van der Waals surface area contributed by atoms with Crippen LogP contribution in [-0.4, -0.2) is 29.5 Å². The van der Waals surface area contributed by atoms with E-state index in [-0.39, 0.29) is 10.8 Å². The Balaban J connectivity index is 1.77. The van der Waals surface area contributed by atoms with Crippen LogP contribution in [0.1, 0.15) is 12.8 Å². The first-order valence-corrected chi connectivity index (χ1v) is 7.88. The number of hydrogen-bond donors (Lipinski definition) is 1. The third-order valence-corrected chi connectivity index (χ3v) is 4.19. The second-order valence-electron chi connectivity index (χ2n) is 5.53. The molecule has 7 heteroatoms. The minimum atomic E-state index is -0.442. The molecular weight excluding hydrogens is 321 g/mol. The van der Waals surface area contributed by atoms with Crippen molar-refractivity contribution in [1.82, 2.24) is 9.78 Å². The van der Waals surface area contributed by atoms with Gasteiger partial charge in [-0.2, -0.15) is 9.78 Å². The van der Waals surface area contributed by atoms with Crippen LogP contribution in [0.2, 0.25) is 5.02 Å². The lowest BCUT2D eigenvalue weighted by Crippen LogP contribution is -2.26. The van der Waals surface area contributed by atoms with Crippen LogP contribution < -0.4 is 10.9 Å². The van der Waals surface area contributed by atoms with Crippen molar-refractivity contribution >= 4 is 17.3 Å². The van der Waals surface area contributed by atoms with E-state index in [4.69, 9.17) is 16.3 Å². The van der Waals surface area contributed by atoms with Gasteiger partial charge >= 0.3 is 0 Å². The van der Waals surface area contributed by atoms with E-state index in [0.717, 1.165) is 24.1 Å². The molecular formula is C16H17ClFN3O2. The number of rotatable bonds is 4. The molecule has 0 unspecified atom stereocenters. The van der Waals surface area contributed by atoms with Gasteiger partial charge in [0.2, 0.25) is 0 Å². The second-order valence-corrected chi connectivity index (χ2v) is 5.91. The lowest BCUT2D eigenvalue weighted by Gasteiger charge is -2.22. The van der Waals surface area contributed by atoms with Crippen molar-refractivity contribution in [2.24, 2.45) is 5.92 Å². The molecule has 122 valence electrons. The molecule has 1 aromatic carbocycles. The van der Waals surface area contributed by atoms with Gasteiger partial charge in [0.25, 0.3) is 5.56 Å². The summed E-state index contributed by atoms with van der Waals surface area (Å²) in [6, 6.07) is 5.50. The molecule has 0 aliphatic carbocycles. The van der Waals surface area contributed by atoms with Crippen molar-refractivity contribution in [1.29, 1.82) is 0 Å². The number of hydrogen-bond acceptors (Lipinski definition) is 4. The predicted octanol–water partition coefficient (Wildman–Crippen LogP) is 2.86. The smallest absolute Gasteiger partial charge is 0.292 e. The van der Waals surface area contributed by atoms with Crippen molar-refractivity contribution in [3.8, 4) is 5.69 Å². The van der Waals surface area contributed by atoms with Crippen LogP contribution >= 0.6 is 11.6 Å². The second kappa shape index (κ2) is 7.10. The molecule has 1 saturated heterocycles. The summed E-state index contributed by atoms with van der Waals surface area (Å²) in [6.07, 6.45) is 3.64. The maximum atomic E-state index is 13.0. The van der Waals surface area contributed by atoms with E-state index in [1.54, 1.807) is 0 Å². The summed E-state index contributed by atoms with van der Waals surface area (Å²) in [5.41, 5.74) is 0.523. The molecule has 0 bridgehead atoms. The minimum absolute atomic E-state index is 0.0704. The van der Waals surface area contributed by atoms with Crippen molar-refractivity contribution in [3.63, 3.8) is 0 Å². The fourth-order valence-electron chi connectivity index (χ4n) is 2.54. The van der Waals surface area contributed by atoms with E-state index in [1.807, 2.05) is 0 Å². The average molecular weight is 338 g/mol. The molecule has 23 heavy (non-hydrogen) atoms. The number of nitrogens with one attached hydrogen (secondary N) is 1. The molecule has 0 radical (unpaired) electrons. The number of halogens is 2. The zero-order valence-corrected chi connectivity index (χ0v) is 13.2. The van der Waals surface area contributed by atoms with E-state index < -0.39 is 5.56 Å². The molecule has 5 nitrogen and oxygen atoms in total. The monoisotopic (exact) mass is 337 g/mol. The van der Waals surface area contributed by atoms with Crippen LogP contribution in [0.4, 0.5) is 10.1 Å². The first kappa shape index (κ1) is 16.0. The lowest BCUT2D eigenvalue weighted by molar-refractivity contribution is 0.0595. The summed E-state index contributed by atoms with van der Waals surface area (Å²) in [5, 5.41) is 7.34.